The number of hydrogen-bond donors (Lipinski definition) is 2. The van der Waals surface area contributed by atoms with E-state index in [0.29, 0.717) is 30.1 Å². The van der Waals surface area contributed by atoms with E-state index in [-0.39, 0.29) is 5.91 Å². The van der Waals surface area contributed by atoms with E-state index in [1.807, 2.05) is 0 Å². The molecule has 1 aromatic heterocycles. The molecule has 2 rings (SSSR count). The average Bonchev–Trinajstić information content (AvgIpc) is 2.92. The molecule has 7 heteroatoms. The van der Waals surface area contributed by atoms with Crippen LogP contribution in [0.4, 0.5) is 11.4 Å². The second-order valence-corrected chi connectivity index (χ2v) is 3.92. The maximum absolute atomic E-state index is 11.8. The highest BCUT2D eigenvalue weighted by Gasteiger charge is 2.07. The van der Waals surface area contributed by atoms with Crippen molar-refractivity contribution >= 4 is 17.3 Å². The lowest BCUT2D eigenvalue weighted by Gasteiger charge is -2.09. The number of nitrogens with two attached hydrogens (primary N) is 1. The van der Waals surface area contributed by atoms with E-state index >= 15 is 0 Å². The summed E-state index contributed by atoms with van der Waals surface area (Å²) in [7, 11) is 1.56. The summed E-state index contributed by atoms with van der Waals surface area (Å²) in [6, 6.07) is 5.11. The third kappa shape index (κ3) is 3.44. The van der Waals surface area contributed by atoms with E-state index in [2.05, 4.69) is 15.6 Å². The average molecular weight is 261 g/mol. The number of nitrogen functional groups attached to an aromatic ring is 1. The van der Waals surface area contributed by atoms with Crippen molar-refractivity contribution < 1.29 is 9.53 Å². The molecule has 0 fully saturated rings. The van der Waals surface area contributed by atoms with E-state index < -0.39 is 0 Å². The molecule has 0 bridgehead atoms. The maximum atomic E-state index is 11.8. The van der Waals surface area contributed by atoms with Gasteiger partial charge in [-0.2, -0.15) is 0 Å². The zero-order valence-corrected chi connectivity index (χ0v) is 10.5. The van der Waals surface area contributed by atoms with Crippen molar-refractivity contribution in [1.82, 2.24) is 15.0 Å². The third-order valence-electron chi connectivity index (χ3n) is 2.57. The molecule has 1 heterocycles. The monoisotopic (exact) mass is 261 g/mol. The molecule has 0 saturated carbocycles. The lowest BCUT2D eigenvalue weighted by atomic mass is 10.2. The predicted octanol–water partition coefficient (Wildman–Crippen LogP) is 0.898. The van der Waals surface area contributed by atoms with Gasteiger partial charge in [-0.3, -0.25) is 9.48 Å². The Morgan fingerprint density at radius 2 is 2.37 bits per heavy atom. The Bertz CT molecular complexity index is 553. The maximum Gasteiger partial charge on any atom is 0.226 e. The fraction of sp³-hybridized carbons (Fsp3) is 0.250. The number of amides is 1. The van der Waals surface area contributed by atoms with Gasteiger partial charge in [0.15, 0.2) is 0 Å². The van der Waals surface area contributed by atoms with E-state index in [1.54, 1.807) is 42.4 Å². The minimum absolute atomic E-state index is 0.143. The van der Waals surface area contributed by atoms with Gasteiger partial charge in [-0.15, -0.1) is 5.10 Å². The van der Waals surface area contributed by atoms with Crippen molar-refractivity contribution in [2.24, 2.45) is 0 Å². The van der Waals surface area contributed by atoms with Crippen LogP contribution in [0.2, 0.25) is 0 Å². The molecule has 0 aliphatic carbocycles. The molecule has 0 radical (unpaired) electrons. The number of benzene rings is 1. The predicted molar refractivity (Wildman–Crippen MR) is 70.7 cm³/mol. The fourth-order valence-electron chi connectivity index (χ4n) is 1.55. The number of aryl methyl sites for hydroxylation is 1. The molecule has 0 aliphatic heterocycles. The van der Waals surface area contributed by atoms with Gasteiger partial charge in [0.2, 0.25) is 5.91 Å². The van der Waals surface area contributed by atoms with Gasteiger partial charge in [-0.25, -0.2) is 0 Å². The molecule has 0 unspecified atom stereocenters. The van der Waals surface area contributed by atoms with Crippen LogP contribution in [-0.2, 0) is 11.3 Å². The summed E-state index contributed by atoms with van der Waals surface area (Å²) in [6.45, 7) is 0.468. The highest BCUT2D eigenvalue weighted by atomic mass is 16.5. The number of anilines is 2. The lowest BCUT2D eigenvalue weighted by Crippen LogP contribution is -2.15. The SMILES string of the molecule is COc1ccc(N)c(NC(=O)CCn2ccnn2)c1. The van der Waals surface area contributed by atoms with Crippen LogP contribution in [0.3, 0.4) is 0 Å². The number of nitrogens with zero attached hydrogens (tertiary/aromatic N) is 3. The molecule has 19 heavy (non-hydrogen) atoms. The minimum atomic E-state index is -0.143. The first-order valence-corrected chi connectivity index (χ1v) is 5.76. The Morgan fingerprint density at radius 1 is 1.53 bits per heavy atom. The number of ether oxygens (including phenoxy) is 1. The second kappa shape index (κ2) is 5.85. The zero-order chi connectivity index (χ0) is 13.7. The summed E-state index contributed by atoms with van der Waals surface area (Å²) in [5.74, 6) is 0.497. The van der Waals surface area contributed by atoms with Gasteiger partial charge >= 0.3 is 0 Å². The lowest BCUT2D eigenvalue weighted by molar-refractivity contribution is -0.116. The van der Waals surface area contributed by atoms with E-state index in [1.165, 1.54) is 0 Å². The Balaban J connectivity index is 1.94. The summed E-state index contributed by atoms with van der Waals surface area (Å²) < 4.78 is 6.67. The van der Waals surface area contributed by atoms with E-state index in [4.69, 9.17) is 10.5 Å². The van der Waals surface area contributed by atoms with Crippen LogP contribution >= 0.6 is 0 Å². The number of aromatic nitrogens is 3. The summed E-state index contributed by atoms with van der Waals surface area (Å²) >= 11 is 0. The molecule has 2 aromatic rings. The smallest absolute Gasteiger partial charge is 0.226 e. The van der Waals surface area contributed by atoms with Crippen LogP contribution in [0.15, 0.2) is 30.6 Å². The van der Waals surface area contributed by atoms with Gasteiger partial charge < -0.3 is 15.8 Å². The highest BCUT2D eigenvalue weighted by molar-refractivity contribution is 5.94. The van der Waals surface area contributed by atoms with Crippen LogP contribution in [0.5, 0.6) is 5.75 Å². The zero-order valence-electron chi connectivity index (χ0n) is 10.5. The van der Waals surface area contributed by atoms with Crippen molar-refractivity contribution in [3.63, 3.8) is 0 Å². The summed E-state index contributed by atoms with van der Waals surface area (Å²) in [5, 5.41) is 10.2. The van der Waals surface area contributed by atoms with Gasteiger partial charge in [0.05, 0.1) is 31.2 Å². The quantitative estimate of drug-likeness (QED) is 0.780. The standard InChI is InChI=1S/C12H15N5O2/c1-19-9-2-3-10(13)11(8-9)15-12(18)4-6-17-7-5-14-16-17/h2-3,5,7-8H,4,6,13H2,1H3,(H,15,18). The first-order valence-electron chi connectivity index (χ1n) is 5.76. The number of hydrogen-bond acceptors (Lipinski definition) is 5. The Morgan fingerprint density at radius 3 is 3.05 bits per heavy atom. The number of rotatable bonds is 5. The fourth-order valence-corrected chi connectivity index (χ4v) is 1.55. The van der Waals surface area contributed by atoms with Crippen molar-refractivity contribution in [1.29, 1.82) is 0 Å². The molecule has 0 spiro atoms. The molecule has 7 nitrogen and oxygen atoms in total. The molecule has 1 amide bonds. The molecule has 3 N–H and O–H groups in total. The Hall–Kier alpha value is -2.57. The first kappa shape index (κ1) is 12.9. The molecular weight excluding hydrogens is 246 g/mol. The van der Waals surface area contributed by atoms with Gasteiger partial charge in [-0.05, 0) is 12.1 Å². The molecule has 100 valence electrons. The van der Waals surface area contributed by atoms with Crippen LogP contribution in [-0.4, -0.2) is 28.0 Å². The number of carbonyl (C=O) groups is 1. The van der Waals surface area contributed by atoms with E-state index in [0.717, 1.165) is 0 Å². The van der Waals surface area contributed by atoms with Gasteiger partial charge in [-0.1, -0.05) is 5.21 Å². The van der Waals surface area contributed by atoms with Gasteiger partial charge in [0.25, 0.3) is 0 Å². The Kier molecular flexibility index (Phi) is 3.97. The summed E-state index contributed by atoms with van der Waals surface area (Å²) in [5.41, 5.74) is 6.83. The second-order valence-electron chi connectivity index (χ2n) is 3.92. The molecule has 0 atom stereocenters. The van der Waals surface area contributed by atoms with Crippen LogP contribution in [0.25, 0.3) is 0 Å². The van der Waals surface area contributed by atoms with Crippen molar-refractivity contribution in [3.8, 4) is 5.75 Å². The van der Waals surface area contributed by atoms with Gasteiger partial charge in [0.1, 0.15) is 5.75 Å². The third-order valence-corrected chi connectivity index (χ3v) is 2.57. The van der Waals surface area contributed by atoms with Crippen molar-refractivity contribution in [3.05, 3.63) is 30.6 Å². The molecule has 0 saturated heterocycles. The first-order chi connectivity index (χ1) is 9.19. The van der Waals surface area contributed by atoms with Gasteiger partial charge in [0, 0.05) is 18.7 Å². The number of carbonyl (C=O) groups excluding carboxylic acids is 1. The highest BCUT2D eigenvalue weighted by Crippen LogP contribution is 2.24. The normalized spacial score (nSPS) is 10.2. The molecule has 1 aromatic carbocycles. The Labute approximate surface area is 110 Å². The van der Waals surface area contributed by atoms with Crippen LogP contribution in [0, 0.1) is 0 Å². The summed E-state index contributed by atoms with van der Waals surface area (Å²) in [4.78, 5) is 11.8. The molecular formula is C12H15N5O2. The van der Waals surface area contributed by atoms with E-state index in [9.17, 15) is 4.79 Å². The minimum Gasteiger partial charge on any atom is -0.497 e. The number of methoxy groups -OCH3 is 1. The largest absolute Gasteiger partial charge is 0.497 e. The van der Waals surface area contributed by atoms with Crippen molar-refractivity contribution in [2.45, 2.75) is 13.0 Å². The van der Waals surface area contributed by atoms with Crippen LogP contribution in [0.1, 0.15) is 6.42 Å². The van der Waals surface area contributed by atoms with Crippen molar-refractivity contribution in [2.75, 3.05) is 18.2 Å². The molecule has 0 aliphatic rings. The van der Waals surface area contributed by atoms with Crippen LogP contribution < -0.4 is 15.8 Å². The topological polar surface area (TPSA) is 95.1 Å². The summed E-state index contributed by atoms with van der Waals surface area (Å²) in [6.07, 6.45) is 3.56. The number of nitrogens with one attached hydrogen (secondary N) is 1.